The third kappa shape index (κ3) is 0.780. The first kappa shape index (κ1) is 7.72. The van der Waals surface area contributed by atoms with Crippen LogP contribution in [0.25, 0.3) is 0 Å². The molecule has 2 fully saturated rings. The van der Waals surface area contributed by atoms with Crippen molar-refractivity contribution in [3.05, 3.63) is 0 Å². The second kappa shape index (κ2) is 1.87. The largest absolute Gasteiger partial charge is 0.0885 e. The van der Waals surface area contributed by atoms with E-state index in [4.69, 9.17) is 12.2 Å². The third-order valence-electron chi connectivity index (χ3n) is 3.90. The summed E-state index contributed by atoms with van der Waals surface area (Å²) in [5, 5.41) is 0. The lowest BCUT2D eigenvalue weighted by Gasteiger charge is -2.34. The predicted molar refractivity (Wildman–Crippen MR) is 51.8 cm³/mol. The average molecular weight is 168 g/mol. The van der Waals surface area contributed by atoms with Crippen LogP contribution in [0.3, 0.4) is 0 Å². The fraction of sp³-hybridized carbons (Fsp3) is 0.900. The smallest absolute Gasteiger partial charge is 0.00466 e. The van der Waals surface area contributed by atoms with Crippen molar-refractivity contribution in [3.63, 3.8) is 0 Å². The van der Waals surface area contributed by atoms with Gasteiger partial charge in [0, 0.05) is 4.86 Å². The molecule has 2 aliphatic rings. The summed E-state index contributed by atoms with van der Waals surface area (Å²) in [7, 11) is 0. The maximum absolute atomic E-state index is 5.52. The monoisotopic (exact) mass is 168 g/mol. The Morgan fingerprint density at radius 2 is 2.00 bits per heavy atom. The van der Waals surface area contributed by atoms with Crippen LogP contribution in [0.4, 0.5) is 0 Å². The summed E-state index contributed by atoms with van der Waals surface area (Å²) in [4.78, 5) is 1.35. The molecule has 0 radical (unpaired) electrons. The molecule has 2 aliphatic carbocycles. The van der Waals surface area contributed by atoms with E-state index in [1.54, 1.807) is 0 Å². The van der Waals surface area contributed by atoms with Gasteiger partial charge in [-0.2, -0.15) is 0 Å². The van der Waals surface area contributed by atoms with E-state index in [-0.39, 0.29) is 0 Å². The predicted octanol–water partition coefficient (Wildman–Crippen LogP) is 3.20. The topological polar surface area (TPSA) is 0 Å². The van der Waals surface area contributed by atoms with Crippen molar-refractivity contribution < 1.29 is 0 Å². The Bertz CT molecular complexity index is 210. The van der Waals surface area contributed by atoms with Gasteiger partial charge in [0.15, 0.2) is 0 Å². The first-order chi connectivity index (χ1) is 4.97. The lowest BCUT2D eigenvalue weighted by Crippen LogP contribution is -2.33. The van der Waals surface area contributed by atoms with Gasteiger partial charge in [0.1, 0.15) is 0 Å². The number of fused-ring (bicyclic) bond motifs is 2. The van der Waals surface area contributed by atoms with Gasteiger partial charge in [0.05, 0.1) is 0 Å². The molecule has 2 rings (SSSR count). The molecule has 0 spiro atoms. The van der Waals surface area contributed by atoms with E-state index >= 15 is 0 Å². The lowest BCUT2D eigenvalue weighted by molar-refractivity contribution is 0.337. The fourth-order valence-electron chi connectivity index (χ4n) is 3.03. The van der Waals surface area contributed by atoms with Crippen LogP contribution < -0.4 is 0 Å². The molecule has 0 aliphatic heterocycles. The molecule has 2 bridgehead atoms. The van der Waals surface area contributed by atoms with Crippen LogP contribution in [0.15, 0.2) is 0 Å². The lowest BCUT2D eigenvalue weighted by atomic mass is 9.73. The molecule has 0 heterocycles. The highest BCUT2D eigenvalue weighted by Crippen LogP contribution is 2.60. The Morgan fingerprint density at radius 3 is 2.27 bits per heavy atom. The summed E-state index contributed by atoms with van der Waals surface area (Å²) in [5.41, 5.74) is 0.797. The zero-order valence-corrected chi connectivity index (χ0v) is 8.42. The summed E-state index contributed by atoms with van der Waals surface area (Å²) in [6.45, 7) is 7.00. The van der Waals surface area contributed by atoms with Crippen molar-refractivity contribution in [1.29, 1.82) is 0 Å². The van der Waals surface area contributed by atoms with Crippen LogP contribution in [0, 0.1) is 16.7 Å². The van der Waals surface area contributed by atoms with Gasteiger partial charge in [-0.25, -0.2) is 0 Å². The molecule has 0 nitrogen and oxygen atoms in total. The molecular weight excluding hydrogens is 152 g/mol. The van der Waals surface area contributed by atoms with E-state index in [0.29, 0.717) is 10.8 Å². The summed E-state index contributed by atoms with van der Waals surface area (Å²) >= 11 is 5.52. The van der Waals surface area contributed by atoms with E-state index in [1.807, 2.05) is 0 Å². The Morgan fingerprint density at radius 1 is 1.36 bits per heavy atom. The highest BCUT2D eigenvalue weighted by molar-refractivity contribution is 7.80. The maximum Gasteiger partial charge on any atom is 0.00466 e. The molecule has 62 valence electrons. The standard InChI is InChI=1S/C10H16S/c1-9(2)7-4-5-10(3,6-7)8(9)11/h7H,4-6H2,1-3H3/t7-,10+/m1/s1. The Labute approximate surface area is 74.4 Å². The molecule has 11 heavy (non-hydrogen) atoms. The highest BCUT2D eigenvalue weighted by atomic mass is 32.1. The van der Waals surface area contributed by atoms with Crippen molar-refractivity contribution >= 4 is 17.1 Å². The second-order valence-electron chi connectivity index (χ2n) is 5.05. The molecule has 2 saturated carbocycles. The quantitative estimate of drug-likeness (QED) is 0.500. The summed E-state index contributed by atoms with van der Waals surface area (Å²) in [5.74, 6) is 0.889. The van der Waals surface area contributed by atoms with Crippen LogP contribution >= 0.6 is 12.2 Å². The van der Waals surface area contributed by atoms with Gasteiger partial charge in [0.25, 0.3) is 0 Å². The van der Waals surface area contributed by atoms with E-state index < -0.39 is 0 Å². The minimum atomic E-state index is 0.363. The van der Waals surface area contributed by atoms with Crippen molar-refractivity contribution in [2.75, 3.05) is 0 Å². The minimum absolute atomic E-state index is 0.363. The van der Waals surface area contributed by atoms with Crippen LogP contribution in [0.5, 0.6) is 0 Å². The summed E-state index contributed by atoms with van der Waals surface area (Å²) in [6.07, 6.45) is 4.11. The van der Waals surface area contributed by atoms with E-state index in [1.165, 1.54) is 24.1 Å². The normalized spacial score (nSPS) is 46.8. The molecule has 1 heteroatoms. The average Bonchev–Trinajstić information content (AvgIpc) is 2.36. The molecule has 0 amide bonds. The summed E-state index contributed by atoms with van der Waals surface area (Å²) in [6, 6.07) is 0. The highest BCUT2D eigenvalue weighted by Gasteiger charge is 2.55. The van der Waals surface area contributed by atoms with Crippen LogP contribution in [0.2, 0.25) is 0 Å². The zero-order valence-electron chi connectivity index (χ0n) is 7.61. The molecule has 0 N–H and O–H groups in total. The van der Waals surface area contributed by atoms with Crippen molar-refractivity contribution in [1.82, 2.24) is 0 Å². The molecular formula is C10H16S. The van der Waals surface area contributed by atoms with Gasteiger partial charge in [-0.3, -0.25) is 0 Å². The zero-order chi connectivity index (χ0) is 8.28. The molecule has 0 unspecified atom stereocenters. The van der Waals surface area contributed by atoms with Gasteiger partial charge in [-0.1, -0.05) is 33.0 Å². The van der Waals surface area contributed by atoms with Gasteiger partial charge < -0.3 is 0 Å². The number of hydrogen-bond donors (Lipinski definition) is 0. The Hall–Kier alpha value is 0.0900. The van der Waals surface area contributed by atoms with Gasteiger partial charge in [0.2, 0.25) is 0 Å². The van der Waals surface area contributed by atoms with Crippen molar-refractivity contribution in [2.24, 2.45) is 16.7 Å². The number of hydrogen-bond acceptors (Lipinski definition) is 1. The fourth-order valence-corrected chi connectivity index (χ4v) is 3.38. The van der Waals surface area contributed by atoms with E-state index in [2.05, 4.69) is 20.8 Å². The van der Waals surface area contributed by atoms with E-state index in [9.17, 15) is 0 Å². The van der Waals surface area contributed by atoms with Gasteiger partial charge in [-0.15, -0.1) is 0 Å². The van der Waals surface area contributed by atoms with Crippen molar-refractivity contribution in [3.8, 4) is 0 Å². The van der Waals surface area contributed by atoms with Gasteiger partial charge >= 0.3 is 0 Å². The Kier molecular flexibility index (Phi) is 1.32. The molecule has 0 saturated heterocycles. The SMILES string of the molecule is CC1(C)C(=S)[C@@]2(C)CC[C@@H]1C2. The van der Waals surface area contributed by atoms with Crippen molar-refractivity contribution in [2.45, 2.75) is 40.0 Å². The van der Waals surface area contributed by atoms with Crippen LogP contribution in [0.1, 0.15) is 40.0 Å². The first-order valence-corrected chi connectivity index (χ1v) is 4.92. The molecule has 0 aromatic heterocycles. The molecule has 0 aromatic rings. The number of rotatable bonds is 0. The molecule has 2 atom stereocenters. The Balaban J connectivity index is 2.42. The van der Waals surface area contributed by atoms with Gasteiger partial charge in [-0.05, 0) is 36.0 Å². The minimum Gasteiger partial charge on any atom is -0.0885 e. The maximum atomic E-state index is 5.52. The second-order valence-corrected chi connectivity index (χ2v) is 5.46. The summed E-state index contributed by atoms with van der Waals surface area (Å²) < 4.78 is 0. The van der Waals surface area contributed by atoms with Crippen LogP contribution in [-0.2, 0) is 0 Å². The van der Waals surface area contributed by atoms with E-state index in [0.717, 1.165) is 5.92 Å². The number of thiocarbonyl (C=S) groups is 1. The molecule has 0 aromatic carbocycles. The first-order valence-electron chi connectivity index (χ1n) is 4.52. The van der Waals surface area contributed by atoms with Crippen LogP contribution in [-0.4, -0.2) is 4.86 Å². The third-order valence-corrected chi connectivity index (χ3v) is 4.91.